The molecule has 0 aliphatic heterocycles. The summed E-state index contributed by atoms with van der Waals surface area (Å²) in [5.41, 5.74) is 20.4. The standard InChI is InChI=1S/C48H26Br2/c49-27-17-19-33-35-21-22-36-34-20-18-28(50)26-44(34)48(39-15-7-3-11-31(39)32-12-4-8-16-40(32)48)42-24-23-41(45(35)46(36)42)47(43(33)25-27)37-13-5-1-9-29(37)30-10-2-6-14-38(30)47/h1-26H. The van der Waals surface area contributed by atoms with Crippen molar-refractivity contribution < 1.29 is 0 Å². The summed E-state index contributed by atoms with van der Waals surface area (Å²) < 4.78 is 2.20. The molecule has 0 unspecified atom stereocenters. The summed E-state index contributed by atoms with van der Waals surface area (Å²) in [6.45, 7) is 0. The first-order valence-corrected chi connectivity index (χ1v) is 18.8. The van der Waals surface area contributed by atoms with Gasteiger partial charge in [-0.2, -0.15) is 0 Å². The molecule has 8 aromatic rings. The lowest BCUT2D eigenvalue weighted by molar-refractivity contribution is 0.757. The van der Waals surface area contributed by atoms with Crippen LogP contribution in [0.4, 0.5) is 0 Å². The zero-order valence-corrected chi connectivity index (χ0v) is 29.9. The maximum Gasteiger partial charge on any atom is 0.0726 e. The molecule has 0 fully saturated rings. The molecule has 0 atom stereocenters. The average Bonchev–Trinajstić information content (AvgIpc) is 3.62. The molecule has 50 heavy (non-hydrogen) atoms. The predicted octanol–water partition coefficient (Wildman–Crippen LogP) is 13.1. The van der Waals surface area contributed by atoms with Gasteiger partial charge in [0.1, 0.15) is 0 Å². The zero-order chi connectivity index (χ0) is 32.9. The van der Waals surface area contributed by atoms with Crippen LogP contribution in [0.15, 0.2) is 167 Å². The monoisotopic (exact) mass is 760 g/mol. The van der Waals surface area contributed by atoms with Crippen molar-refractivity contribution in [2.75, 3.05) is 0 Å². The van der Waals surface area contributed by atoms with E-state index in [2.05, 4.69) is 190 Å². The molecule has 0 aromatic heterocycles. The summed E-state index contributed by atoms with van der Waals surface area (Å²) in [5.74, 6) is 0. The second-order valence-electron chi connectivity index (χ2n) is 14.1. The predicted molar refractivity (Wildman–Crippen MR) is 212 cm³/mol. The molecule has 0 saturated carbocycles. The van der Waals surface area contributed by atoms with Gasteiger partial charge in [-0.3, -0.25) is 0 Å². The Morgan fingerprint density at radius 1 is 0.260 bits per heavy atom. The Bertz CT molecular complexity index is 2570. The first-order chi connectivity index (χ1) is 24.6. The Hall–Kier alpha value is -5.02. The zero-order valence-electron chi connectivity index (χ0n) is 26.8. The number of halogens is 2. The van der Waals surface area contributed by atoms with Crippen molar-refractivity contribution in [3.63, 3.8) is 0 Å². The van der Waals surface area contributed by atoms with Crippen LogP contribution in [0, 0.1) is 0 Å². The normalized spacial score (nSPS) is 15.3. The molecular formula is C48H26Br2. The average molecular weight is 763 g/mol. The lowest BCUT2D eigenvalue weighted by atomic mass is 9.57. The van der Waals surface area contributed by atoms with Crippen LogP contribution in [0.3, 0.4) is 0 Å². The minimum Gasteiger partial charge on any atom is -0.0619 e. The quantitative estimate of drug-likeness (QED) is 0.144. The van der Waals surface area contributed by atoms with E-state index in [1.54, 1.807) is 0 Å². The van der Waals surface area contributed by atoms with Crippen LogP contribution in [0.5, 0.6) is 0 Å². The molecule has 4 aliphatic rings. The van der Waals surface area contributed by atoms with Gasteiger partial charge in [-0.05, 0) is 124 Å². The van der Waals surface area contributed by atoms with Gasteiger partial charge in [-0.25, -0.2) is 0 Å². The summed E-state index contributed by atoms with van der Waals surface area (Å²) in [4.78, 5) is 0. The Balaban J connectivity index is 1.33. The summed E-state index contributed by atoms with van der Waals surface area (Å²) in [6.07, 6.45) is 0. The van der Waals surface area contributed by atoms with Crippen LogP contribution < -0.4 is 0 Å². The van der Waals surface area contributed by atoms with E-state index in [-0.39, 0.29) is 0 Å². The van der Waals surface area contributed by atoms with Crippen molar-refractivity contribution in [3.05, 3.63) is 211 Å². The molecule has 12 rings (SSSR count). The molecule has 0 nitrogen and oxygen atoms in total. The van der Waals surface area contributed by atoms with E-state index in [0.717, 1.165) is 8.95 Å². The van der Waals surface area contributed by atoms with Gasteiger partial charge in [0.25, 0.3) is 0 Å². The Morgan fingerprint density at radius 2 is 0.560 bits per heavy atom. The van der Waals surface area contributed by atoms with Gasteiger partial charge in [0.15, 0.2) is 0 Å². The molecule has 4 aliphatic carbocycles. The minimum atomic E-state index is -0.463. The lowest BCUT2D eigenvalue weighted by Crippen LogP contribution is -2.35. The van der Waals surface area contributed by atoms with Gasteiger partial charge in [-0.1, -0.05) is 165 Å². The smallest absolute Gasteiger partial charge is 0.0619 e. The van der Waals surface area contributed by atoms with Crippen LogP contribution in [0.2, 0.25) is 0 Å². The van der Waals surface area contributed by atoms with Crippen molar-refractivity contribution in [2.45, 2.75) is 10.8 Å². The molecule has 0 bridgehead atoms. The number of fused-ring (bicyclic) bond motifs is 18. The number of hydrogen-bond donors (Lipinski definition) is 0. The van der Waals surface area contributed by atoms with Gasteiger partial charge in [0.05, 0.1) is 10.8 Å². The topological polar surface area (TPSA) is 0 Å². The highest BCUT2D eigenvalue weighted by molar-refractivity contribution is 9.10. The van der Waals surface area contributed by atoms with Crippen molar-refractivity contribution in [3.8, 4) is 44.5 Å². The molecule has 8 aromatic carbocycles. The summed E-state index contributed by atoms with van der Waals surface area (Å²) in [7, 11) is 0. The summed E-state index contributed by atoms with van der Waals surface area (Å²) in [6, 6.07) is 60.1. The second kappa shape index (κ2) is 9.40. The van der Waals surface area contributed by atoms with Crippen molar-refractivity contribution in [1.29, 1.82) is 0 Å². The fourth-order valence-corrected chi connectivity index (χ4v) is 11.3. The van der Waals surface area contributed by atoms with Crippen LogP contribution in [0.25, 0.3) is 55.3 Å². The fourth-order valence-electron chi connectivity index (χ4n) is 10.6. The third-order valence-electron chi connectivity index (χ3n) is 12.2. The van der Waals surface area contributed by atoms with Gasteiger partial charge in [0, 0.05) is 8.95 Å². The largest absolute Gasteiger partial charge is 0.0726 e. The van der Waals surface area contributed by atoms with E-state index in [0.29, 0.717) is 0 Å². The third kappa shape index (κ3) is 3.00. The maximum absolute atomic E-state index is 3.91. The van der Waals surface area contributed by atoms with Gasteiger partial charge in [0.2, 0.25) is 0 Å². The van der Waals surface area contributed by atoms with Gasteiger partial charge >= 0.3 is 0 Å². The van der Waals surface area contributed by atoms with Crippen LogP contribution in [-0.4, -0.2) is 0 Å². The Labute approximate surface area is 307 Å². The first kappa shape index (κ1) is 27.8. The third-order valence-corrected chi connectivity index (χ3v) is 13.2. The van der Waals surface area contributed by atoms with E-state index in [4.69, 9.17) is 0 Å². The second-order valence-corrected chi connectivity index (χ2v) is 16.0. The molecule has 0 N–H and O–H groups in total. The Kier molecular flexibility index (Phi) is 5.22. The lowest BCUT2D eigenvalue weighted by Gasteiger charge is -2.44. The molecule has 2 spiro atoms. The molecular weight excluding hydrogens is 736 g/mol. The van der Waals surface area contributed by atoms with Gasteiger partial charge < -0.3 is 0 Å². The van der Waals surface area contributed by atoms with E-state index in [1.165, 1.54) is 99.8 Å². The van der Waals surface area contributed by atoms with Gasteiger partial charge in [-0.15, -0.1) is 0 Å². The highest BCUT2D eigenvalue weighted by Gasteiger charge is 2.54. The van der Waals surface area contributed by atoms with Crippen LogP contribution >= 0.6 is 31.9 Å². The number of benzene rings is 8. The van der Waals surface area contributed by atoms with Crippen molar-refractivity contribution in [2.24, 2.45) is 0 Å². The summed E-state index contributed by atoms with van der Waals surface area (Å²) >= 11 is 7.82. The molecule has 0 amide bonds. The number of rotatable bonds is 0. The summed E-state index contributed by atoms with van der Waals surface area (Å²) in [5, 5.41) is 2.74. The molecule has 0 saturated heterocycles. The maximum atomic E-state index is 3.91. The van der Waals surface area contributed by atoms with E-state index in [9.17, 15) is 0 Å². The molecule has 232 valence electrons. The van der Waals surface area contributed by atoms with E-state index < -0.39 is 10.8 Å². The molecule has 0 heterocycles. The highest BCUT2D eigenvalue weighted by atomic mass is 79.9. The van der Waals surface area contributed by atoms with Crippen LogP contribution in [0.1, 0.15) is 44.5 Å². The Morgan fingerprint density at radius 3 is 0.920 bits per heavy atom. The van der Waals surface area contributed by atoms with Crippen molar-refractivity contribution in [1.82, 2.24) is 0 Å². The number of hydrogen-bond acceptors (Lipinski definition) is 0. The molecule has 0 radical (unpaired) electrons. The fraction of sp³-hybridized carbons (Fsp3) is 0.0417. The first-order valence-electron chi connectivity index (χ1n) is 17.2. The molecule has 2 heteroatoms. The van der Waals surface area contributed by atoms with E-state index in [1.807, 2.05) is 0 Å². The van der Waals surface area contributed by atoms with Crippen LogP contribution in [-0.2, 0) is 10.8 Å². The van der Waals surface area contributed by atoms with E-state index >= 15 is 0 Å². The van der Waals surface area contributed by atoms with Crippen molar-refractivity contribution >= 4 is 42.6 Å². The minimum absolute atomic E-state index is 0.463. The SMILES string of the molecule is Brc1ccc2c(c1)C1(c3ccccc3-c3ccccc31)c1ccc3c4c(ccc-2c14)-c1ccc(Br)cc1C31c2ccccc2-c2ccccc21. The highest BCUT2D eigenvalue weighted by Crippen LogP contribution is 2.67.